The van der Waals surface area contributed by atoms with Crippen molar-refractivity contribution in [1.82, 2.24) is 4.72 Å². The molecule has 1 atom stereocenters. The average molecular weight is 402 g/mol. The number of benzene rings is 2. The van der Waals surface area contributed by atoms with Gasteiger partial charge in [-0.2, -0.15) is 5.26 Å². The molecule has 0 heterocycles. The molecule has 28 heavy (non-hydrogen) atoms. The van der Waals surface area contributed by atoms with E-state index in [4.69, 9.17) is 0 Å². The van der Waals surface area contributed by atoms with Gasteiger partial charge in [-0.3, -0.25) is 0 Å². The third-order valence-corrected chi connectivity index (χ3v) is 5.99. The first kappa shape index (κ1) is 21.9. The molecule has 0 aliphatic rings. The van der Waals surface area contributed by atoms with E-state index in [0.717, 1.165) is 29.5 Å². The van der Waals surface area contributed by atoms with Gasteiger partial charge < -0.3 is 10.0 Å². The molecule has 150 valence electrons. The predicted molar refractivity (Wildman–Crippen MR) is 114 cm³/mol. The quantitative estimate of drug-likeness (QED) is 0.629. The minimum absolute atomic E-state index is 0.121. The van der Waals surface area contributed by atoms with Gasteiger partial charge in [0, 0.05) is 25.3 Å². The van der Waals surface area contributed by atoms with Crippen LogP contribution in [0.1, 0.15) is 32.8 Å². The van der Waals surface area contributed by atoms with Crippen LogP contribution in [0.5, 0.6) is 0 Å². The van der Waals surface area contributed by atoms with Gasteiger partial charge in [-0.25, -0.2) is 13.1 Å². The summed E-state index contributed by atoms with van der Waals surface area (Å²) in [5.41, 5.74) is 1.76. The van der Waals surface area contributed by atoms with Gasteiger partial charge >= 0.3 is 0 Å². The third-order valence-electron chi connectivity index (χ3n) is 4.65. The van der Waals surface area contributed by atoms with Gasteiger partial charge in [-0.05, 0) is 60.9 Å². The largest absolute Gasteiger partial charge is 0.392 e. The number of allylic oxidation sites excluding steroid dienone is 1. The van der Waals surface area contributed by atoms with Crippen LogP contribution in [0.25, 0.3) is 16.8 Å². The molecule has 0 saturated carbocycles. The van der Waals surface area contributed by atoms with Gasteiger partial charge in [-0.15, -0.1) is 0 Å². The second kappa shape index (κ2) is 9.69. The lowest BCUT2D eigenvalue weighted by atomic mass is 10.1. The summed E-state index contributed by atoms with van der Waals surface area (Å²) in [7, 11) is -3.97. The van der Waals surface area contributed by atoms with Crippen LogP contribution in [0.3, 0.4) is 0 Å². The fourth-order valence-corrected chi connectivity index (χ4v) is 3.85. The summed E-state index contributed by atoms with van der Waals surface area (Å²) in [5.74, 6) is 0. The summed E-state index contributed by atoms with van der Waals surface area (Å²) in [6.07, 6.45) is 0.988. The van der Waals surface area contributed by atoms with Crippen LogP contribution in [0.2, 0.25) is 0 Å². The molecule has 0 spiro atoms. The van der Waals surface area contributed by atoms with Crippen molar-refractivity contribution in [1.29, 1.82) is 5.26 Å². The van der Waals surface area contributed by atoms with Crippen LogP contribution in [0.4, 0.5) is 5.69 Å². The summed E-state index contributed by atoms with van der Waals surface area (Å²) in [6.45, 7) is 7.69. The van der Waals surface area contributed by atoms with E-state index in [9.17, 15) is 18.8 Å². The number of nitriles is 1. The highest BCUT2D eigenvalue weighted by molar-refractivity contribution is 7.93. The van der Waals surface area contributed by atoms with Gasteiger partial charge in [-0.1, -0.05) is 25.1 Å². The molecule has 0 aliphatic heterocycles. The number of hydrogen-bond acceptors (Lipinski definition) is 5. The second-order valence-electron chi connectivity index (χ2n) is 6.50. The van der Waals surface area contributed by atoms with Crippen molar-refractivity contribution in [3.05, 3.63) is 46.9 Å². The standard InChI is InChI=1S/C21H27N3O3S/c1-4-20(25)15-23-28(26,27)21(14-22)12-16-7-8-18-13-19(24(5-2)6-3)10-9-17(18)11-16/h7-13,20,23,25H,4-6,15H2,1-3H3/b21-12+. The van der Waals surface area contributed by atoms with Crippen LogP contribution in [0, 0.1) is 11.3 Å². The highest BCUT2D eigenvalue weighted by Crippen LogP contribution is 2.24. The highest BCUT2D eigenvalue weighted by atomic mass is 32.2. The van der Waals surface area contributed by atoms with Crippen LogP contribution >= 0.6 is 0 Å². The number of nitrogens with zero attached hydrogens (tertiary/aromatic N) is 2. The molecule has 0 fully saturated rings. The molecule has 0 bridgehead atoms. The van der Waals surface area contributed by atoms with Crippen LogP contribution in [0.15, 0.2) is 41.3 Å². The number of aliphatic hydroxyl groups is 1. The van der Waals surface area contributed by atoms with Crippen molar-refractivity contribution < 1.29 is 13.5 Å². The maximum Gasteiger partial charge on any atom is 0.250 e. The monoisotopic (exact) mass is 401 g/mol. The number of anilines is 1. The number of hydrogen-bond donors (Lipinski definition) is 2. The van der Waals surface area contributed by atoms with Crippen molar-refractivity contribution in [3.63, 3.8) is 0 Å². The minimum Gasteiger partial charge on any atom is -0.392 e. The van der Waals surface area contributed by atoms with E-state index in [-0.39, 0.29) is 11.4 Å². The van der Waals surface area contributed by atoms with Crippen molar-refractivity contribution >= 4 is 32.6 Å². The number of rotatable bonds is 9. The van der Waals surface area contributed by atoms with Gasteiger partial charge in [0.15, 0.2) is 4.91 Å². The Bertz CT molecular complexity index is 990. The summed E-state index contributed by atoms with van der Waals surface area (Å²) in [4.78, 5) is 1.87. The van der Waals surface area contributed by atoms with E-state index in [1.54, 1.807) is 19.1 Å². The Labute approximate surface area is 167 Å². The summed E-state index contributed by atoms with van der Waals surface area (Å²) in [5, 5.41) is 20.9. The molecule has 7 heteroatoms. The Morgan fingerprint density at radius 3 is 2.43 bits per heavy atom. The molecule has 2 aromatic carbocycles. The molecule has 2 N–H and O–H groups in total. The Kier molecular flexibility index (Phi) is 7.58. The minimum atomic E-state index is -3.97. The first-order valence-electron chi connectivity index (χ1n) is 9.42. The zero-order chi connectivity index (χ0) is 20.7. The van der Waals surface area contributed by atoms with Gasteiger partial charge in [0.1, 0.15) is 6.07 Å². The zero-order valence-electron chi connectivity index (χ0n) is 16.5. The van der Waals surface area contributed by atoms with Crippen molar-refractivity contribution in [2.45, 2.75) is 33.3 Å². The highest BCUT2D eigenvalue weighted by Gasteiger charge is 2.18. The first-order valence-corrected chi connectivity index (χ1v) is 10.9. The molecule has 1 unspecified atom stereocenters. The summed E-state index contributed by atoms with van der Waals surface area (Å²) >= 11 is 0. The van der Waals surface area contributed by atoms with Crippen molar-refractivity contribution in [2.24, 2.45) is 0 Å². The van der Waals surface area contributed by atoms with Crippen LogP contribution in [-0.2, 0) is 10.0 Å². The topological polar surface area (TPSA) is 93.4 Å². The molecule has 0 saturated heterocycles. The molecule has 0 aromatic heterocycles. The molecule has 0 radical (unpaired) electrons. The van der Waals surface area contributed by atoms with Gasteiger partial charge in [0.05, 0.1) is 6.10 Å². The third kappa shape index (κ3) is 5.32. The number of nitrogens with one attached hydrogen (secondary N) is 1. The van der Waals surface area contributed by atoms with E-state index >= 15 is 0 Å². The molecular formula is C21H27N3O3S. The van der Waals surface area contributed by atoms with Crippen molar-refractivity contribution in [3.8, 4) is 6.07 Å². The van der Waals surface area contributed by atoms with Crippen molar-refractivity contribution in [2.75, 3.05) is 24.5 Å². The molecule has 2 aromatic rings. The number of fused-ring (bicyclic) bond motifs is 1. The lowest BCUT2D eigenvalue weighted by molar-refractivity contribution is 0.174. The smallest absolute Gasteiger partial charge is 0.250 e. The Balaban J connectivity index is 2.33. The predicted octanol–water partition coefficient (Wildman–Crippen LogP) is 3.24. The number of aliphatic hydroxyl groups excluding tert-OH is 1. The Morgan fingerprint density at radius 1 is 1.18 bits per heavy atom. The summed E-state index contributed by atoms with van der Waals surface area (Å²) < 4.78 is 26.9. The Hall–Kier alpha value is -2.40. The lowest BCUT2D eigenvalue weighted by Gasteiger charge is -2.21. The molecule has 2 rings (SSSR count). The van der Waals surface area contributed by atoms with E-state index in [1.807, 2.05) is 24.3 Å². The molecule has 6 nitrogen and oxygen atoms in total. The maximum absolute atomic E-state index is 12.3. The molecular weight excluding hydrogens is 374 g/mol. The van der Waals surface area contributed by atoms with Crippen LogP contribution in [-0.4, -0.2) is 39.3 Å². The first-order chi connectivity index (χ1) is 13.3. The van der Waals surface area contributed by atoms with Gasteiger partial charge in [0.2, 0.25) is 0 Å². The normalized spacial score (nSPS) is 13.3. The fraction of sp³-hybridized carbons (Fsp3) is 0.381. The average Bonchev–Trinajstić information content (AvgIpc) is 2.70. The maximum atomic E-state index is 12.3. The Morgan fingerprint density at radius 2 is 1.82 bits per heavy atom. The zero-order valence-corrected chi connectivity index (χ0v) is 17.3. The second-order valence-corrected chi connectivity index (χ2v) is 8.23. The summed E-state index contributed by atoms with van der Waals surface area (Å²) in [6, 6.07) is 13.5. The van der Waals surface area contributed by atoms with E-state index < -0.39 is 16.1 Å². The van der Waals surface area contributed by atoms with E-state index in [2.05, 4.69) is 29.5 Å². The van der Waals surface area contributed by atoms with E-state index in [1.165, 1.54) is 6.08 Å². The van der Waals surface area contributed by atoms with E-state index in [0.29, 0.717) is 12.0 Å². The SMILES string of the molecule is CCC(O)CNS(=O)(=O)/C(C#N)=C/c1ccc2cc(N(CC)CC)ccc2c1. The fourth-order valence-electron chi connectivity index (χ4n) is 2.88. The molecule has 0 amide bonds. The molecule has 0 aliphatic carbocycles. The number of sulfonamides is 1. The van der Waals surface area contributed by atoms with Crippen LogP contribution < -0.4 is 9.62 Å². The lowest BCUT2D eigenvalue weighted by Crippen LogP contribution is -2.32. The van der Waals surface area contributed by atoms with Gasteiger partial charge in [0.25, 0.3) is 10.0 Å².